The highest BCUT2D eigenvalue weighted by atomic mass is 79.9. The van der Waals surface area contributed by atoms with Gasteiger partial charge in [0.25, 0.3) is 5.91 Å². The maximum Gasteiger partial charge on any atom is 0.267 e. The monoisotopic (exact) mass is 522 g/mol. The molecule has 3 aromatic carbocycles. The van der Waals surface area contributed by atoms with Crippen molar-refractivity contribution in [2.75, 3.05) is 14.2 Å². The summed E-state index contributed by atoms with van der Waals surface area (Å²) < 4.78 is 11.6. The van der Waals surface area contributed by atoms with Crippen molar-refractivity contribution in [2.24, 2.45) is 4.99 Å². The van der Waals surface area contributed by atoms with Gasteiger partial charge in [-0.3, -0.25) is 14.7 Å². The Morgan fingerprint density at radius 3 is 2.18 bits per heavy atom. The van der Waals surface area contributed by atoms with E-state index in [4.69, 9.17) is 14.5 Å². The quantitative estimate of drug-likeness (QED) is 0.349. The number of methoxy groups -OCH3 is 2. The SMILES string of the molecule is COc1cc(Br)c(C=C2SC(=NCc3ccccc3)N(Cc3ccccc3)C2=O)cc1OC. The predicted molar refractivity (Wildman–Crippen MR) is 137 cm³/mol. The Labute approximate surface area is 206 Å². The van der Waals surface area contributed by atoms with Gasteiger partial charge in [-0.25, -0.2) is 0 Å². The molecule has 0 N–H and O–H groups in total. The maximum absolute atomic E-state index is 13.4. The molecular formula is C26H23BrN2O3S. The maximum atomic E-state index is 13.4. The van der Waals surface area contributed by atoms with Crippen molar-refractivity contribution in [3.8, 4) is 11.5 Å². The molecule has 1 saturated heterocycles. The fourth-order valence-corrected chi connectivity index (χ4v) is 4.80. The molecular weight excluding hydrogens is 500 g/mol. The van der Waals surface area contributed by atoms with E-state index in [1.54, 1.807) is 19.1 Å². The van der Waals surface area contributed by atoms with E-state index < -0.39 is 0 Å². The molecule has 1 fully saturated rings. The third-order valence-corrected chi connectivity index (χ3v) is 6.83. The average Bonchev–Trinajstić information content (AvgIpc) is 3.14. The zero-order chi connectivity index (χ0) is 23.2. The Morgan fingerprint density at radius 2 is 1.55 bits per heavy atom. The number of aliphatic imine (C=N–C) groups is 1. The van der Waals surface area contributed by atoms with E-state index in [2.05, 4.69) is 15.9 Å². The predicted octanol–water partition coefficient (Wildman–Crippen LogP) is 6.14. The van der Waals surface area contributed by atoms with Crippen molar-refractivity contribution in [1.29, 1.82) is 0 Å². The van der Waals surface area contributed by atoms with Gasteiger partial charge in [0.15, 0.2) is 16.7 Å². The van der Waals surface area contributed by atoms with Gasteiger partial charge in [-0.1, -0.05) is 76.6 Å². The van der Waals surface area contributed by atoms with Gasteiger partial charge >= 0.3 is 0 Å². The van der Waals surface area contributed by atoms with E-state index in [1.807, 2.05) is 78.9 Å². The Hall–Kier alpha value is -3.03. The zero-order valence-corrected chi connectivity index (χ0v) is 20.7. The van der Waals surface area contributed by atoms with E-state index in [-0.39, 0.29) is 5.91 Å². The van der Waals surface area contributed by atoms with Crippen molar-refractivity contribution in [1.82, 2.24) is 4.90 Å². The van der Waals surface area contributed by atoms with Crippen LogP contribution in [0.5, 0.6) is 11.5 Å². The molecule has 1 aliphatic rings. The molecule has 5 nitrogen and oxygen atoms in total. The number of rotatable bonds is 7. The molecule has 3 aromatic rings. The van der Waals surface area contributed by atoms with Gasteiger partial charge in [0.05, 0.1) is 32.2 Å². The van der Waals surface area contributed by atoms with Gasteiger partial charge in [0.2, 0.25) is 0 Å². The second-order valence-corrected chi connectivity index (χ2v) is 9.16. The average molecular weight is 523 g/mol. The number of hydrogen-bond donors (Lipinski definition) is 0. The van der Waals surface area contributed by atoms with Gasteiger partial charge in [0.1, 0.15) is 0 Å². The standard InChI is InChI=1S/C26H23BrN2O3S/c1-31-22-13-20(21(27)15-23(22)32-2)14-24-25(30)29(17-19-11-7-4-8-12-19)26(33-24)28-16-18-9-5-3-6-10-18/h3-15H,16-17H2,1-2H3. The Bertz CT molecular complexity index is 1200. The molecule has 0 radical (unpaired) electrons. The summed E-state index contributed by atoms with van der Waals surface area (Å²) >= 11 is 4.97. The molecule has 0 aromatic heterocycles. The van der Waals surface area contributed by atoms with E-state index in [0.29, 0.717) is 34.7 Å². The summed E-state index contributed by atoms with van der Waals surface area (Å²) in [5, 5.41) is 0.690. The number of thioether (sulfide) groups is 1. The largest absolute Gasteiger partial charge is 0.493 e. The smallest absolute Gasteiger partial charge is 0.267 e. The number of carbonyl (C=O) groups is 1. The minimum atomic E-state index is -0.0719. The summed E-state index contributed by atoms with van der Waals surface area (Å²) in [4.78, 5) is 20.5. The second kappa shape index (κ2) is 10.7. The number of hydrogen-bond acceptors (Lipinski definition) is 5. The third-order valence-electron chi connectivity index (χ3n) is 5.10. The molecule has 4 rings (SSSR count). The number of ether oxygens (including phenoxy) is 2. The molecule has 7 heteroatoms. The molecule has 0 saturated carbocycles. The molecule has 0 aliphatic carbocycles. The van der Waals surface area contributed by atoms with Crippen molar-refractivity contribution < 1.29 is 14.3 Å². The van der Waals surface area contributed by atoms with Crippen LogP contribution in [0, 0.1) is 0 Å². The van der Waals surface area contributed by atoms with E-state index in [0.717, 1.165) is 21.2 Å². The first-order valence-electron chi connectivity index (χ1n) is 10.3. The molecule has 33 heavy (non-hydrogen) atoms. The highest BCUT2D eigenvalue weighted by molar-refractivity contribution is 9.10. The van der Waals surface area contributed by atoms with Gasteiger partial charge in [-0.05, 0) is 46.7 Å². The van der Waals surface area contributed by atoms with Crippen LogP contribution in [0.1, 0.15) is 16.7 Å². The molecule has 1 amide bonds. The number of carbonyl (C=O) groups excluding carboxylic acids is 1. The Morgan fingerprint density at radius 1 is 0.939 bits per heavy atom. The summed E-state index contributed by atoms with van der Waals surface area (Å²) in [5.41, 5.74) is 2.97. The minimum Gasteiger partial charge on any atom is -0.493 e. The molecule has 168 valence electrons. The number of nitrogens with zero attached hydrogens (tertiary/aromatic N) is 2. The van der Waals surface area contributed by atoms with Crippen LogP contribution >= 0.6 is 27.7 Å². The third kappa shape index (κ3) is 5.49. The van der Waals surface area contributed by atoms with Crippen molar-refractivity contribution in [2.45, 2.75) is 13.1 Å². The Balaban J connectivity index is 1.68. The highest BCUT2D eigenvalue weighted by Gasteiger charge is 2.33. The molecule has 0 unspecified atom stereocenters. The molecule has 0 spiro atoms. The van der Waals surface area contributed by atoms with Crippen LogP contribution in [-0.4, -0.2) is 30.2 Å². The lowest BCUT2D eigenvalue weighted by atomic mass is 10.1. The van der Waals surface area contributed by atoms with Crippen LogP contribution < -0.4 is 9.47 Å². The van der Waals surface area contributed by atoms with Crippen LogP contribution in [0.2, 0.25) is 0 Å². The second-order valence-electron chi connectivity index (χ2n) is 7.30. The van der Waals surface area contributed by atoms with Crippen LogP contribution in [0.4, 0.5) is 0 Å². The molecule has 0 atom stereocenters. The van der Waals surface area contributed by atoms with Crippen molar-refractivity contribution >= 4 is 44.8 Å². The van der Waals surface area contributed by atoms with Crippen LogP contribution in [-0.2, 0) is 17.9 Å². The first kappa shape index (κ1) is 23.1. The molecule has 1 heterocycles. The van der Waals surface area contributed by atoms with Gasteiger partial charge < -0.3 is 9.47 Å². The fourth-order valence-electron chi connectivity index (χ4n) is 3.40. The number of halogens is 1. The van der Waals surface area contributed by atoms with E-state index >= 15 is 0 Å². The zero-order valence-electron chi connectivity index (χ0n) is 18.3. The van der Waals surface area contributed by atoms with Crippen molar-refractivity contribution in [3.63, 3.8) is 0 Å². The summed E-state index contributed by atoms with van der Waals surface area (Å²) in [7, 11) is 3.18. The number of benzene rings is 3. The minimum absolute atomic E-state index is 0.0719. The summed E-state index contributed by atoms with van der Waals surface area (Å²) in [6.45, 7) is 0.972. The summed E-state index contributed by atoms with van der Waals surface area (Å²) in [6.07, 6.45) is 1.86. The lowest BCUT2D eigenvalue weighted by Gasteiger charge is -2.15. The van der Waals surface area contributed by atoms with Gasteiger partial charge in [-0.15, -0.1) is 0 Å². The topological polar surface area (TPSA) is 51.1 Å². The van der Waals surface area contributed by atoms with Gasteiger partial charge in [-0.2, -0.15) is 0 Å². The van der Waals surface area contributed by atoms with Crippen LogP contribution in [0.15, 0.2) is 87.2 Å². The molecule has 1 aliphatic heterocycles. The normalized spacial score (nSPS) is 16.0. The molecule has 0 bridgehead atoms. The summed E-state index contributed by atoms with van der Waals surface area (Å²) in [6, 6.07) is 23.7. The first-order chi connectivity index (χ1) is 16.1. The summed E-state index contributed by atoms with van der Waals surface area (Å²) in [5.74, 6) is 1.15. The van der Waals surface area contributed by atoms with Crippen LogP contribution in [0.3, 0.4) is 0 Å². The fraction of sp³-hybridized carbons (Fsp3) is 0.154. The van der Waals surface area contributed by atoms with Crippen LogP contribution in [0.25, 0.3) is 6.08 Å². The number of amidine groups is 1. The number of amides is 1. The van der Waals surface area contributed by atoms with E-state index in [9.17, 15) is 4.79 Å². The highest BCUT2D eigenvalue weighted by Crippen LogP contribution is 2.38. The first-order valence-corrected chi connectivity index (χ1v) is 11.9. The van der Waals surface area contributed by atoms with Gasteiger partial charge in [0, 0.05) is 4.47 Å². The lowest BCUT2D eigenvalue weighted by molar-refractivity contribution is -0.122. The Kier molecular flexibility index (Phi) is 7.52. The van der Waals surface area contributed by atoms with Crippen molar-refractivity contribution in [3.05, 3.63) is 98.9 Å². The lowest BCUT2D eigenvalue weighted by Crippen LogP contribution is -2.28. The van der Waals surface area contributed by atoms with E-state index in [1.165, 1.54) is 11.8 Å².